The third kappa shape index (κ3) is 6.84. The molecule has 4 N–H and O–H groups in total. The van der Waals surface area contributed by atoms with Crippen molar-refractivity contribution in [3.63, 3.8) is 0 Å². The minimum Gasteiger partial charge on any atom is -0.352 e. The summed E-state index contributed by atoms with van der Waals surface area (Å²) in [5.74, 6) is 1.24. The molecule has 13 heteroatoms. The minimum absolute atomic E-state index is 0. The summed E-state index contributed by atoms with van der Waals surface area (Å²) in [5.41, 5.74) is 4.76. The number of aromatic nitrogens is 4. The largest absolute Gasteiger partial charge is 0.352 e. The number of hydrogen-bond acceptors (Lipinski definition) is 8. The molecule has 3 aromatic carbocycles. The van der Waals surface area contributed by atoms with E-state index in [4.69, 9.17) is 10.1 Å². The van der Waals surface area contributed by atoms with Gasteiger partial charge in [-0.15, -0.1) is 12.4 Å². The molecule has 2 aromatic heterocycles. The highest BCUT2D eigenvalue weighted by Gasteiger charge is 2.13. The number of aryl methyl sites for hydroxylation is 1. The second kappa shape index (κ2) is 11.9. The number of anilines is 5. The third-order valence-corrected chi connectivity index (χ3v) is 6.89. The van der Waals surface area contributed by atoms with Crippen LogP contribution in [0, 0.1) is 5.82 Å². The lowest BCUT2D eigenvalue weighted by atomic mass is 10.2. The van der Waals surface area contributed by atoms with Gasteiger partial charge in [0.05, 0.1) is 16.8 Å². The van der Waals surface area contributed by atoms with Crippen LogP contribution in [0.3, 0.4) is 0 Å². The highest BCUT2D eigenvalue weighted by Crippen LogP contribution is 2.28. The Hall–Kier alpha value is -4.26. The number of imidazole rings is 1. The van der Waals surface area contributed by atoms with Crippen LogP contribution in [0.5, 0.6) is 0 Å². The van der Waals surface area contributed by atoms with Crippen LogP contribution in [0.1, 0.15) is 11.1 Å². The SMILES string of the molecule is CN(c1ccc2c(c1)nc(NCc1cccc(F)c1)n2C)c1ccnc(Nc2ccc(CS(N)(=O)=O)cc2)n1.Cl. The molecule has 10 nitrogen and oxygen atoms in total. The fourth-order valence-corrected chi connectivity index (χ4v) is 4.81. The topological polar surface area (TPSA) is 131 Å². The Balaban J connectivity index is 0.00000370. The summed E-state index contributed by atoms with van der Waals surface area (Å²) in [7, 11) is 0.237. The standard InChI is InChI=1S/C27H27FN8O2S.ClH/c1-35(25-12-13-30-26(34-25)32-21-8-6-18(7-9-21)17-39(29,37)38)22-10-11-24-23(15-22)33-27(36(24)2)31-16-19-4-3-5-20(28)14-19;/h3-15H,16-17H2,1-2H3,(H,31,33)(H2,29,37,38)(H,30,32,34);1H. The first-order valence-electron chi connectivity index (χ1n) is 12.0. The van der Waals surface area contributed by atoms with Crippen molar-refractivity contribution in [2.75, 3.05) is 22.6 Å². The molecule has 5 aromatic rings. The number of nitrogens with zero attached hydrogens (tertiary/aromatic N) is 5. The van der Waals surface area contributed by atoms with Gasteiger partial charge in [0.2, 0.25) is 21.9 Å². The van der Waals surface area contributed by atoms with Crippen molar-refractivity contribution in [2.24, 2.45) is 12.2 Å². The maximum Gasteiger partial charge on any atom is 0.229 e. The van der Waals surface area contributed by atoms with Crippen LogP contribution < -0.4 is 20.7 Å². The van der Waals surface area contributed by atoms with E-state index < -0.39 is 10.0 Å². The van der Waals surface area contributed by atoms with Crippen LogP contribution in [-0.4, -0.2) is 35.0 Å². The number of fused-ring (bicyclic) bond motifs is 1. The molecule has 0 aliphatic carbocycles. The molecule has 0 radical (unpaired) electrons. The van der Waals surface area contributed by atoms with Gasteiger partial charge >= 0.3 is 0 Å². The molecule has 0 saturated carbocycles. The quantitative estimate of drug-likeness (QED) is 0.225. The average Bonchev–Trinajstić information content (AvgIpc) is 3.22. The number of nitrogens with two attached hydrogens (primary N) is 1. The molecule has 208 valence electrons. The van der Waals surface area contributed by atoms with Crippen molar-refractivity contribution in [2.45, 2.75) is 12.3 Å². The van der Waals surface area contributed by atoms with Gasteiger partial charge in [-0.1, -0.05) is 24.3 Å². The zero-order chi connectivity index (χ0) is 27.6. The van der Waals surface area contributed by atoms with Gasteiger partial charge in [0.25, 0.3) is 0 Å². The van der Waals surface area contributed by atoms with Crippen LogP contribution in [0.2, 0.25) is 0 Å². The van der Waals surface area contributed by atoms with E-state index in [0.29, 0.717) is 35.5 Å². The monoisotopic (exact) mass is 582 g/mol. The van der Waals surface area contributed by atoms with Crippen molar-refractivity contribution in [3.8, 4) is 0 Å². The molecule has 0 aliphatic heterocycles. The summed E-state index contributed by atoms with van der Waals surface area (Å²) in [6.45, 7) is 0.452. The number of primary sulfonamides is 1. The van der Waals surface area contributed by atoms with E-state index in [1.165, 1.54) is 12.1 Å². The van der Waals surface area contributed by atoms with Gasteiger partial charge < -0.3 is 20.1 Å². The van der Waals surface area contributed by atoms with E-state index in [1.54, 1.807) is 42.6 Å². The normalized spacial score (nSPS) is 11.2. The molecule has 5 rings (SSSR count). The van der Waals surface area contributed by atoms with Crippen molar-refractivity contribution < 1.29 is 12.8 Å². The van der Waals surface area contributed by atoms with Gasteiger partial charge in [0, 0.05) is 38.2 Å². The molecule has 0 saturated heterocycles. The molecule has 0 fully saturated rings. The fourth-order valence-electron chi connectivity index (χ4n) is 4.16. The van der Waals surface area contributed by atoms with E-state index in [-0.39, 0.29) is 24.0 Å². The Bertz CT molecular complexity index is 1750. The van der Waals surface area contributed by atoms with E-state index in [1.807, 2.05) is 47.8 Å². The zero-order valence-corrected chi connectivity index (χ0v) is 23.4. The Labute approximate surface area is 237 Å². The number of rotatable bonds is 9. The fraction of sp³-hybridized carbons (Fsp3) is 0.148. The number of sulfonamides is 1. The van der Waals surface area contributed by atoms with Crippen LogP contribution in [0.25, 0.3) is 11.0 Å². The minimum atomic E-state index is -3.59. The molecule has 0 unspecified atom stereocenters. The summed E-state index contributed by atoms with van der Waals surface area (Å²) in [5, 5.41) is 11.5. The number of benzene rings is 3. The smallest absolute Gasteiger partial charge is 0.229 e. The summed E-state index contributed by atoms with van der Waals surface area (Å²) in [6.07, 6.45) is 1.66. The second-order valence-corrected chi connectivity index (χ2v) is 10.7. The molecular formula is C27H28ClFN8O2S. The van der Waals surface area contributed by atoms with Gasteiger partial charge in [0.1, 0.15) is 11.6 Å². The Morgan fingerprint density at radius 1 is 1.00 bits per heavy atom. The van der Waals surface area contributed by atoms with Gasteiger partial charge in [-0.05, 0) is 59.7 Å². The Kier molecular flexibility index (Phi) is 8.52. The molecule has 0 spiro atoms. The first kappa shape index (κ1) is 28.7. The van der Waals surface area contributed by atoms with Gasteiger partial charge in [-0.25, -0.2) is 27.9 Å². The first-order valence-corrected chi connectivity index (χ1v) is 13.7. The lowest BCUT2D eigenvalue weighted by Gasteiger charge is -2.19. The zero-order valence-electron chi connectivity index (χ0n) is 21.7. The number of hydrogen-bond donors (Lipinski definition) is 3. The van der Waals surface area contributed by atoms with E-state index in [2.05, 4.69) is 20.6 Å². The predicted molar refractivity (Wildman–Crippen MR) is 158 cm³/mol. The molecule has 0 aliphatic rings. The van der Waals surface area contributed by atoms with E-state index in [0.717, 1.165) is 22.3 Å². The average molecular weight is 583 g/mol. The molecule has 0 amide bonds. The molecule has 0 atom stereocenters. The van der Waals surface area contributed by atoms with Crippen LogP contribution in [-0.2, 0) is 29.4 Å². The van der Waals surface area contributed by atoms with Gasteiger partial charge in [0.15, 0.2) is 0 Å². The van der Waals surface area contributed by atoms with Gasteiger partial charge in [-0.3, -0.25) is 0 Å². The van der Waals surface area contributed by atoms with E-state index in [9.17, 15) is 12.8 Å². The van der Waals surface area contributed by atoms with Crippen LogP contribution in [0.15, 0.2) is 79.0 Å². The lowest BCUT2D eigenvalue weighted by Crippen LogP contribution is -2.14. The van der Waals surface area contributed by atoms with Crippen molar-refractivity contribution in [1.82, 2.24) is 19.5 Å². The lowest BCUT2D eigenvalue weighted by molar-refractivity contribution is 0.597. The second-order valence-electron chi connectivity index (χ2n) is 9.08. The number of nitrogens with one attached hydrogen (secondary N) is 2. The highest BCUT2D eigenvalue weighted by molar-refractivity contribution is 7.88. The van der Waals surface area contributed by atoms with Crippen LogP contribution in [0.4, 0.5) is 33.5 Å². The van der Waals surface area contributed by atoms with Crippen molar-refractivity contribution in [1.29, 1.82) is 0 Å². The summed E-state index contributed by atoms with van der Waals surface area (Å²) < 4.78 is 38.1. The summed E-state index contributed by atoms with van der Waals surface area (Å²) >= 11 is 0. The van der Waals surface area contributed by atoms with Crippen molar-refractivity contribution >= 4 is 62.6 Å². The molecular weight excluding hydrogens is 555 g/mol. The maximum atomic E-state index is 13.5. The van der Waals surface area contributed by atoms with E-state index >= 15 is 0 Å². The summed E-state index contributed by atoms with van der Waals surface area (Å²) in [4.78, 5) is 15.6. The van der Waals surface area contributed by atoms with Crippen molar-refractivity contribution in [3.05, 3.63) is 95.9 Å². The van der Waals surface area contributed by atoms with Crippen LogP contribution >= 0.6 is 12.4 Å². The Morgan fingerprint density at radius 2 is 1.77 bits per heavy atom. The Morgan fingerprint density at radius 3 is 2.50 bits per heavy atom. The highest BCUT2D eigenvalue weighted by atomic mass is 35.5. The first-order chi connectivity index (χ1) is 18.6. The van der Waals surface area contributed by atoms with Gasteiger partial charge in [-0.2, -0.15) is 4.98 Å². The maximum absolute atomic E-state index is 13.5. The molecule has 40 heavy (non-hydrogen) atoms. The predicted octanol–water partition coefficient (Wildman–Crippen LogP) is 4.84. The third-order valence-electron chi connectivity index (χ3n) is 6.15. The number of halogens is 2. The molecule has 2 heterocycles. The summed E-state index contributed by atoms with van der Waals surface area (Å²) in [6, 6.07) is 21.1. The molecule has 0 bridgehead atoms.